The second-order valence-corrected chi connectivity index (χ2v) is 10.0. The molecular weight excluding hydrogens is 470 g/mol. The molecule has 0 aliphatic carbocycles. The molecule has 0 bridgehead atoms. The van der Waals surface area contributed by atoms with Crippen LogP contribution in [0.3, 0.4) is 0 Å². The highest BCUT2D eigenvalue weighted by Crippen LogP contribution is 2.36. The van der Waals surface area contributed by atoms with Crippen molar-refractivity contribution < 1.29 is 22.0 Å². The second kappa shape index (κ2) is 9.59. The van der Waals surface area contributed by atoms with Gasteiger partial charge in [-0.15, -0.1) is 0 Å². The van der Waals surface area contributed by atoms with Gasteiger partial charge >= 0.3 is 0 Å². The van der Waals surface area contributed by atoms with Crippen LogP contribution in [0.1, 0.15) is 29.2 Å². The van der Waals surface area contributed by atoms with Gasteiger partial charge in [-0.3, -0.25) is 4.79 Å². The fraction of sp³-hybridized carbons (Fsp3) is 0.208. The minimum atomic E-state index is -3.97. The molecule has 3 aromatic rings. The molecule has 172 valence electrons. The van der Waals surface area contributed by atoms with Crippen LogP contribution in [-0.4, -0.2) is 25.2 Å². The van der Waals surface area contributed by atoms with Gasteiger partial charge in [-0.2, -0.15) is 4.31 Å². The smallest absolute Gasteiger partial charge is 0.243 e. The first kappa shape index (κ1) is 23.4. The second-order valence-electron chi connectivity index (χ2n) is 7.75. The Morgan fingerprint density at radius 2 is 1.73 bits per heavy atom. The van der Waals surface area contributed by atoms with Crippen molar-refractivity contribution in [1.82, 2.24) is 9.62 Å². The molecule has 3 aromatic carbocycles. The van der Waals surface area contributed by atoms with Crippen molar-refractivity contribution >= 4 is 27.5 Å². The van der Waals surface area contributed by atoms with Crippen LogP contribution in [0, 0.1) is 11.6 Å². The molecule has 1 atom stereocenters. The number of fused-ring (bicyclic) bond motifs is 1. The third-order valence-electron chi connectivity index (χ3n) is 5.65. The Kier molecular flexibility index (Phi) is 6.78. The van der Waals surface area contributed by atoms with Gasteiger partial charge in [0.05, 0.1) is 10.9 Å². The Morgan fingerprint density at radius 1 is 1.03 bits per heavy atom. The van der Waals surface area contributed by atoms with Gasteiger partial charge in [0.2, 0.25) is 15.9 Å². The molecule has 0 spiro atoms. The SMILES string of the molecule is O=C(C[C@@H]1c2ccccc2CCN1S(=O)(=O)c1ccc(F)cc1)NCc1ccc(F)cc1Cl. The fourth-order valence-electron chi connectivity index (χ4n) is 3.98. The van der Waals surface area contributed by atoms with E-state index < -0.39 is 27.7 Å². The van der Waals surface area contributed by atoms with Crippen molar-refractivity contribution in [2.45, 2.75) is 30.3 Å². The van der Waals surface area contributed by atoms with Crippen LogP contribution in [0.4, 0.5) is 8.78 Å². The predicted molar refractivity (Wildman–Crippen MR) is 121 cm³/mol. The molecule has 4 rings (SSSR count). The van der Waals surface area contributed by atoms with Crippen LogP contribution in [0.2, 0.25) is 5.02 Å². The molecule has 33 heavy (non-hydrogen) atoms. The minimum Gasteiger partial charge on any atom is -0.352 e. The van der Waals surface area contributed by atoms with E-state index in [1.165, 1.54) is 28.6 Å². The number of hydrogen-bond acceptors (Lipinski definition) is 3. The summed E-state index contributed by atoms with van der Waals surface area (Å²) in [5.41, 5.74) is 2.28. The maximum Gasteiger partial charge on any atom is 0.243 e. The number of rotatable bonds is 6. The molecule has 1 heterocycles. The van der Waals surface area contributed by atoms with E-state index >= 15 is 0 Å². The molecule has 0 saturated heterocycles. The lowest BCUT2D eigenvalue weighted by molar-refractivity contribution is -0.122. The zero-order valence-corrected chi connectivity index (χ0v) is 19.0. The molecule has 5 nitrogen and oxygen atoms in total. The van der Waals surface area contributed by atoms with Crippen LogP contribution >= 0.6 is 11.6 Å². The molecule has 1 aliphatic rings. The predicted octanol–water partition coefficient (Wildman–Crippen LogP) is 4.61. The van der Waals surface area contributed by atoms with E-state index in [0.29, 0.717) is 12.0 Å². The average molecular weight is 491 g/mol. The molecule has 0 aromatic heterocycles. The van der Waals surface area contributed by atoms with Gasteiger partial charge in [-0.05, 0) is 59.5 Å². The monoisotopic (exact) mass is 490 g/mol. The van der Waals surface area contributed by atoms with E-state index in [2.05, 4.69) is 5.32 Å². The van der Waals surface area contributed by atoms with Crippen molar-refractivity contribution in [3.63, 3.8) is 0 Å². The van der Waals surface area contributed by atoms with Crippen molar-refractivity contribution in [3.8, 4) is 0 Å². The van der Waals surface area contributed by atoms with Gasteiger partial charge in [0, 0.05) is 24.5 Å². The lowest BCUT2D eigenvalue weighted by atomic mass is 9.92. The number of nitrogens with zero attached hydrogens (tertiary/aromatic N) is 1. The third-order valence-corrected chi connectivity index (χ3v) is 7.93. The summed E-state index contributed by atoms with van der Waals surface area (Å²) in [6.07, 6.45) is 0.385. The molecule has 1 N–H and O–H groups in total. The number of carbonyl (C=O) groups is 1. The third kappa shape index (κ3) is 5.08. The van der Waals surface area contributed by atoms with Crippen molar-refractivity contribution in [1.29, 1.82) is 0 Å². The average Bonchev–Trinajstić information content (AvgIpc) is 2.79. The first-order valence-electron chi connectivity index (χ1n) is 10.3. The molecule has 1 amide bonds. The molecule has 0 unspecified atom stereocenters. The van der Waals surface area contributed by atoms with E-state index in [9.17, 15) is 22.0 Å². The Labute approximate surface area is 196 Å². The van der Waals surface area contributed by atoms with Crippen molar-refractivity contribution in [2.75, 3.05) is 6.54 Å². The van der Waals surface area contributed by atoms with Crippen LogP contribution < -0.4 is 5.32 Å². The molecule has 1 aliphatic heterocycles. The van der Waals surface area contributed by atoms with E-state index in [4.69, 9.17) is 11.6 Å². The number of carbonyl (C=O) groups excluding carboxylic acids is 1. The first-order valence-corrected chi connectivity index (χ1v) is 12.1. The van der Waals surface area contributed by atoms with Gasteiger partial charge in [0.15, 0.2) is 0 Å². The summed E-state index contributed by atoms with van der Waals surface area (Å²) < 4.78 is 54.7. The Morgan fingerprint density at radius 3 is 2.45 bits per heavy atom. The van der Waals surface area contributed by atoms with E-state index in [1.54, 1.807) is 6.07 Å². The first-order chi connectivity index (χ1) is 15.8. The quantitative estimate of drug-likeness (QED) is 0.548. The number of halogens is 3. The Bertz CT molecular complexity index is 1280. The van der Waals surface area contributed by atoms with Gasteiger partial charge < -0.3 is 5.32 Å². The Balaban J connectivity index is 1.59. The molecule has 0 fully saturated rings. The number of benzene rings is 3. The highest BCUT2D eigenvalue weighted by Gasteiger charge is 2.37. The maximum absolute atomic E-state index is 13.4. The lowest BCUT2D eigenvalue weighted by Crippen LogP contribution is -2.42. The minimum absolute atomic E-state index is 0.0354. The van der Waals surface area contributed by atoms with Crippen molar-refractivity contribution in [3.05, 3.63) is 100 Å². The Hall–Kier alpha value is -2.81. The summed E-state index contributed by atoms with van der Waals surface area (Å²) in [6, 6.07) is 15.2. The zero-order valence-electron chi connectivity index (χ0n) is 17.5. The zero-order chi connectivity index (χ0) is 23.6. The summed E-state index contributed by atoms with van der Waals surface area (Å²) in [5, 5.41) is 2.93. The number of nitrogens with one attached hydrogen (secondary N) is 1. The van der Waals surface area contributed by atoms with Crippen LogP contribution in [0.5, 0.6) is 0 Å². The summed E-state index contributed by atoms with van der Waals surface area (Å²) in [5.74, 6) is -1.39. The summed E-state index contributed by atoms with van der Waals surface area (Å²) >= 11 is 6.03. The van der Waals surface area contributed by atoms with Crippen molar-refractivity contribution in [2.24, 2.45) is 0 Å². The van der Waals surface area contributed by atoms with E-state index in [1.807, 2.05) is 18.2 Å². The standard InChI is InChI=1S/C24H21ClF2N2O3S/c25-22-13-19(27)6-5-17(22)15-28-24(30)14-23-21-4-2-1-3-16(21)11-12-29(23)33(31,32)20-9-7-18(26)8-10-20/h1-10,13,23H,11-12,14-15H2,(H,28,30)/t23-/m1/s1. The lowest BCUT2D eigenvalue weighted by Gasteiger charge is -2.36. The number of sulfonamides is 1. The molecular formula is C24H21ClF2N2O3S. The van der Waals surface area contributed by atoms with Gasteiger partial charge in [-0.1, -0.05) is 41.9 Å². The van der Waals surface area contributed by atoms with E-state index in [0.717, 1.165) is 29.3 Å². The van der Waals surface area contributed by atoms with Crippen LogP contribution in [0.15, 0.2) is 71.6 Å². The number of amides is 1. The number of hydrogen-bond donors (Lipinski definition) is 1. The normalized spacial score (nSPS) is 16.3. The highest BCUT2D eigenvalue weighted by molar-refractivity contribution is 7.89. The van der Waals surface area contributed by atoms with E-state index in [-0.39, 0.29) is 35.3 Å². The topological polar surface area (TPSA) is 66.5 Å². The van der Waals surface area contributed by atoms with Crippen LogP contribution in [-0.2, 0) is 27.8 Å². The van der Waals surface area contributed by atoms with Crippen LogP contribution in [0.25, 0.3) is 0 Å². The highest BCUT2D eigenvalue weighted by atomic mass is 35.5. The summed E-state index contributed by atoms with van der Waals surface area (Å²) in [6.45, 7) is 0.273. The maximum atomic E-state index is 13.4. The van der Waals surface area contributed by atoms with Gasteiger partial charge in [0.25, 0.3) is 0 Å². The largest absolute Gasteiger partial charge is 0.352 e. The summed E-state index contributed by atoms with van der Waals surface area (Å²) in [4.78, 5) is 12.8. The molecule has 0 radical (unpaired) electrons. The van der Waals surface area contributed by atoms with Gasteiger partial charge in [-0.25, -0.2) is 17.2 Å². The summed E-state index contributed by atoms with van der Waals surface area (Å²) in [7, 11) is -3.97. The molecule has 9 heteroatoms. The fourth-order valence-corrected chi connectivity index (χ4v) is 5.82. The molecule has 0 saturated carbocycles. The van der Waals surface area contributed by atoms with Gasteiger partial charge in [0.1, 0.15) is 11.6 Å².